The van der Waals surface area contributed by atoms with Gasteiger partial charge in [0.15, 0.2) is 0 Å². The first-order chi connectivity index (χ1) is 11.7. The lowest BCUT2D eigenvalue weighted by Crippen LogP contribution is -2.44. The van der Waals surface area contributed by atoms with Crippen molar-refractivity contribution >= 4 is 15.9 Å². The predicted octanol–water partition coefficient (Wildman–Crippen LogP) is 2.24. The summed E-state index contributed by atoms with van der Waals surface area (Å²) in [7, 11) is -2.16. The van der Waals surface area contributed by atoms with Crippen LogP contribution in [0, 0.1) is 19.8 Å². The van der Waals surface area contributed by atoms with Crippen LogP contribution in [0.4, 0.5) is 0 Å². The van der Waals surface area contributed by atoms with Crippen molar-refractivity contribution in [3.05, 3.63) is 23.3 Å². The van der Waals surface area contributed by atoms with Gasteiger partial charge < -0.3 is 10.1 Å². The highest BCUT2D eigenvalue weighted by atomic mass is 32.2. The van der Waals surface area contributed by atoms with Crippen molar-refractivity contribution < 1.29 is 17.9 Å². The van der Waals surface area contributed by atoms with Crippen molar-refractivity contribution in [1.82, 2.24) is 9.62 Å². The lowest BCUT2D eigenvalue weighted by Gasteiger charge is -2.31. The highest BCUT2D eigenvalue weighted by Gasteiger charge is 2.34. The molecular weight excluding hydrogens is 340 g/mol. The molecule has 1 saturated heterocycles. The number of piperidine rings is 1. The molecule has 1 aliphatic heterocycles. The molecule has 0 aliphatic carbocycles. The van der Waals surface area contributed by atoms with Gasteiger partial charge in [-0.1, -0.05) is 0 Å². The molecule has 1 aliphatic rings. The lowest BCUT2D eigenvalue weighted by atomic mass is 9.97. The molecule has 0 atom stereocenters. The van der Waals surface area contributed by atoms with Crippen LogP contribution in [0.2, 0.25) is 0 Å². The third kappa shape index (κ3) is 4.33. The Morgan fingerprint density at radius 1 is 1.20 bits per heavy atom. The van der Waals surface area contributed by atoms with Crippen molar-refractivity contribution in [2.45, 2.75) is 51.5 Å². The second-order valence-corrected chi connectivity index (χ2v) is 8.84. The standard InChI is InChI=1S/C18H28N2O4S/c1-12(2)19-18(21)15-6-8-20(9-7-15)25(22,23)17-11-14(4)13(3)10-16(17)24-5/h10-12,15H,6-9H2,1-5H3,(H,19,21). The molecule has 6 nitrogen and oxygen atoms in total. The van der Waals surface area contributed by atoms with Gasteiger partial charge in [0, 0.05) is 25.0 Å². The minimum absolute atomic E-state index is 0.0100. The molecule has 0 bridgehead atoms. The summed E-state index contributed by atoms with van der Waals surface area (Å²) in [6.45, 7) is 8.33. The van der Waals surface area contributed by atoms with E-state index in [1.54, 1.807) is 12.1 Å². The molecule has 1 amide bonds. The number of hydrogen-bond acceptors (Lipinski definition) is 4. The summed E-state index contributed by atoms with van der Waals surface area (Å²) in [5.74, 6) is 0.245. The Kier molecular flexibility index (Phi) is 6.11. The van der Waals surface area contributed by atoms with Crippen molar-refractivity contribution in [2.24, 2.45) is 5.92 Å². The third-order valence-electron chi connectivity index (χ3n) is 4.65. The van der Waals surface area contributed by atoms with Gasteiger partial charge in [0.05, 0.1) is 7.11 Å². The number of sulfonamides is 1. The fraction of sp³-hybridized carbons (Fsp3) is 0.611. The normalized spacial score (nSPS) is 16.9. The maximum atomic E-state index is 13.0. The van der Waals surface area contributed by atoms with E-state index < -0.39 is 10.0 Å². The van der Waals surface area contributed by atoms with Crippen molar-refractivity contribution in [3.63, 3.8) is 0 Å². The number of ether oxygens (including phenoxy) is 1. The first-order valence-electron chi connectivity index (χ1n) is 8.62. The molecule has 1 aromatic carbocycles. The highest BCUT2D eigenvalue weighted by Crippen LogP contribution is 2.32. The van der Waals surface area contributed by atoms with E-state index >= 15 is 0 Å². The Hall–Kier alpha value is -1.60. The summed E-state index contributed by atoms with van der Waals surface area (Å²) >= 11 is 0. The molecule has 7 heteroatoms. The van der Waals surface area contributed by atoms with Gasteiger partial charge in [-0.15, -0.1) is 0 Å². The number of amides is 1. The van der Waals surface area contributed by atoms with Crippen LogP contribution in [-0.2, 0) is 14.8 Å². The van der Waals surface area contributed by atoms with Gasteiger partial charge >= 0.3 is 0 Å². The maximum Gasteiger partial charge on any atom is 0.246 e. The maximum absolute atomic E-state index is 13.0. The molecule has 140 valence electrons. The van der Waals surface area contributed by atoms with Crippen LogP contribution < -0.4 is 10.1 Å². The quantitative estimate of drug-likeness (QED) is 0.865. The average molecular weight is 368 g/mol. The number of aryl methyl sites for hydroxylation is 2. The molecule has 1 fully saturated rings. The Morgan fingerprint density at radius 3 is 2.28 bits per heavy atom. The largest absolute Gasteiger partial charge is 0.495 e. The summed E-state index contributed by atoms with van der Waals surface area (Å²) in [5, 5.41) is 2.90. The van der Waals surface area contributed by atoms with Gasteiger partial charge in [-0.3, -0.25) is 4.79 Å². The van der Waals surface area contributed by atoms with Crippen LogP contribution in [0.15, 0.2) is 17.0 Å². The summed E-state index contributed by atoms with van der Waals surface area (Å²) < 4.78 is 32.8. The second-order valence-electron chi connectivity index (χ2n) is 6.93. The molecule has 0 radical (unpaired) electrons. The van der Waals surface area contributed by atoms with E-state index in [-0.39, 0.29) is 22.8 Å². The average Bonchev–Trinajstić information content (AvgIpc) is 2.56. The number of methoxy groups -OCH3 is 1. The topological polar surface area (TPSA) is 75.7 Å². The summed E-state index contributed by atoms with van der Waals surface area (Å²) in [5.41, 5.74) is 1.89. The van der Waals surface area contributed by atoms with Gasteiger partial charge in [-0.25, -0.2) is 8.42 Å². The van der Waals surface area contributed by atoms with E-state index in [0.717, 1.165) is 11.1 Å². The minimum atomic E-state index is -3.64. The molecule has 1 N–H and O–H groups in total. The summed E-state index contributed by atoms with van der Waals surface area (Å²) in [4.78, 5) is 12.3. The number of hydrogen-bond donors (Lipinski definition) is 1. The van der Waals surface area contributed by atoms with E-state index in [1.165, 1.54) is 11.4 Å². The SMILES string of the molecule is COc1cc(C)c(C)cc1S(=O)(=O)N1CCC(C(=O)NC(C)C)CC1. The highest BCUT2D eigenvalue weighted by molar-refractivity contribution is 7.89. The monoisotopic (exact) mass is 368 g/mol. The van der Waals surface area contributed by atoms with Crippen LogP contribution in [0.3, 0.4) is 0 Å². The minimum Gasteiger partial charge on any atom is -0.495 e. The van der Waals surface area contributed by atoms with Crippen LogP contribution in [-0.4, -0.2) is 44.9 Å². The number of rotatable bonds is 5. The summed E-state index contributed by atoms with van der Waals surface area (Å²) in [6.07, 6.45) is 1.07. The van der Waals surface area contributed by atoms with E-state index in [2.05, 4.69) is 5.32 Å². The zero-order valence-corrected chi connectivity index (χ0v) is 16.4. The molecule has 2 rings (SSSR count). The Balaban J connectivity index is 2.18. The van der Waals surface area contributed by atoms with Crippen LogP contribution >= 0.6 is 0 Å². The zero-order valence-electron chi connectivity index (χ0n) is 15.6. The van der Waals surface area contributed by atoms with Crippen molar-refractivity contribution in [3.8, 4) is 5.75 Å². The molecular formula is C18H28N2O4S. The third-order valence-corrected chi connectivity index (χ3v) is 6.57. The molecule has 0 aromatic heterocycles. The first-order valence-corrected chi connectivity index (χ1v) is 10.1. The van der Waals surface area contributed by atoms with Gasteiger partial charge in [0.25, 0.3) is 0 Å². The van der Waals surface area contributed by atoms with Gasteiger partial charge in [-0.05, 0) is 63.8 Å². The number of carbonyl (C=O) groups excluding carboxylic acids is 1. The second kappa shape index (κ2) is 7.74. The fourth-order valence-electron chi connectivity index (χ4n) is 3.02. The van der Waals surface area contributed by atoms with E-state index in [0.29, 0.717) is 31.7 Å². The predicted molar refractivity (Wildman–Crippen MR) is 97.2 cm³/mol. The molecule has 1 aromatic rings. The number of nitrogens with one attached hydrogen (secondary N) is 1. The molecule has 1 heterocycles. The number of benzene rings is 1. The van der Waals surface area contributed by atoms with Crippen LogP contribution in [0.1, 0.15) is 37.8 Å². The number of carbonyl (C=O) groups is 1. The summed E-state index contributed by atoms with van der Waals surface area (Å²) in [6, 6.07) is 3.51. The Bertz CT molecular complexity index is 736. The van der Waals surface area contributed by atoms with Crippen LogP contribution in [0.5, 0.6) is 5.75 Å². The molecule has 0 saturated carbocycles. The van der Waals surface area contributed by atoms with E-state index in [4.69, 9.17) is 4.74 Å². The van der Waals surface area contributed by atoms with Gasteiger partial charge in [0.1, 0.15) is 10.6 Å². The van der Waals surface area contributed by atoms with Crippen molar-refractivity contribution in [1.29, 1.82) is 0 Å². The van der Waals surface area contributed by atoms with Gasteiger partial charge in [-0.2, -0.15) is 4.31 Å². The van der Waals surface area contributed by atoms with Gasteiger partial charge in [0.2, 0.25) is 15.9 Å². The Labute approximate surface area is 150 Å². The van der Waals surface area contributed by atoms with E-state index in [1.807, 2.05) is 27.7 Å². The molecule has 0 unspecified atom stereocenters. The molecule has 25 heavy (non-hydrogen) atoms. The molecule has 0 spiro atoms. The fourth-order valence-corrected chi connectivity index (χ4v) is 4.72. The smallest absolute Gasteiger partial charge is 0.246 e. The Morgan fingerprint density at radius 2 is 1.76 bits per heavy atom. The number of nitrogens with zero attached hydrogens (tertiary/aromatic N) is 1. The zero-order chi connectivity index (χ0) is 18.8. The van der Waals surface area contributed by atoms with Crippen molar-refractivity contribution in [2.75, 3.05) is 20.2 Å². The van der Waals surface area contributed by atoms with E-state index in [9.17, 15) is 13.2 Å². The van der Waals surface area contributed by atoms with Crippen LogP contribution in [0.25, 0.3) is 0 Å². The lowest BCUT2D eigenvalue weighted by molar-refractivity contribution is -0.126. The first kappa shape index (κ1) is 19.7.